The van der Waals surface area contributed by atoms with Crippen LogP contribution < -0.4 is 10.6 Å². The molecular weight excluding hydrogens is 480 g/mol. The third-order valence-electron chi connectivity index (χ3n) is 6.59. The number of allylic oxidation sites excluding steroid dienone is 2. The minimum atomic E-state index is -0.180. The molecule has 3 heterocycles. The first-order valence-corrected chi connectivity index (χ1v) is 12.6. The highest BCUT2D eigenvalue weighted by atomic mass is 16.5. The van der Waals surface area contributed by atoms with Gasteiger partial charge in [0.15, 0.2) is 5.88 Å². The van der Waals surface area contributed by atoms with E-state index in [1.807, 2.05) is 62.7 Å². The van der Waals surface area contributed by atoms with Gasteiger partial charge >= 0.3 is 0 Å². The predicted octanol–water partition coefficient (Wildman–Crippen LogP) is 4.43. The molecule has 0 spiro atoms. The molecule has 196 valence electrons. The number of aromatic amines is 1. The number of hydrogen-bond acceptors (Lipinski definition) is 6. The molecule has 0 radical (unpaired) electrons. The predicted molar refractivity (Wildman–Crippen MR) is 147 cm³/mol. The van der Waals surface area contributed by atoms with E-state index in [2.05, 4.69) is 26.8 Å². The number of phenols is 1. The molecule has 4 N–H and O–H groups in total. The summed E-state index contributed by atoms with van der Waals surface area (Å²) in [5.74, 6) is 1.10. The molecule has 2 aromatic carbocycles. The van der Waals surface area contributed by atoms with Gasteiger partial charge in [-0.3, -0.25) is 9.48 Å². The SMILES string of the molecule is COC1=C(c2ccc(O)c(-c3nc4cc(C(=O)NC(C)Cn5nc(C)cc5C)ccc4[nH]3)c2)C=CC(C)N1. The summed E-state index contributed by atoms with van der Waals surface area (Å²) in [5.41, 5.74) is 6.24. The van der Waals surface area contributed by atoms with Crippen molar-refractivity contribution in [2.75, 3.05) is 7.11 Å². The van der Waals surface area contributed by atoms with Gasteiger partial charge in [0.25, 0.3) is 5.91 Å². The van der Waals surface area contributed by atoms with Crippen LogP contribution >= 0.6 is 0 Å². The highest BCUT2D eigenvalue weighted by Crippen LogP contribution is 2.33. The standard InChI is InChI=1S/C29H32N6O3/c1-16-6-9-22(29(31-16)38-5)20-8-11-26(36)23(13-20)27-32-24-10-7-21(14-25(24)33-27)28(37)30-18(3)15-35-19(4)12-17(2)34-35/h6-14,16,18,31,36H,15H2,1-5H3,(H,30,37)(H,32,33). The van der Waals surface area contributed by atoms with E-state index in [-0.39, 0.29) is 23.7 Å². The second kappa shape index (κ2) is 10.1. The van der Waals surface area contributed by atoms with Gasteiger partial charge in [0, 0.05) is 28.9 Å². The van der Waals surface area contributed by atoms with E-state index >= 15 is 0 Å². The Morgan fingerprint density at radius 2 is 2.03 bits per heavy atom. The smallest absolute Gasteiger partial charge is 0.251 e. The Bertz CT molecular complexity index is 1580. The van der Waals surface area contributed by atoms with Gasteiger partial charge in [-0.15, -0.1) is 0 Å². The summed E-state index contributed by atoms with van der Waals surface area (Å²) in [6, 6.07) is 12.8. The molecule has 5 rings (SSSR count). The van der Waals surface area contributed by atoms with Crippen LogP contribution in [0.5, 0.6) is 5.75 Å². The number of H-pyrrole nitrogens is 1. The maximum atomic E-state index is 13.0. The topological polar surface area (TPSA) is 117 Å². The number of benzene rings is 2. The molecule has 0 bridgehead atoms. The fraction of sp³-hybridized carbons (Fsp3) is 0.276. The average molecular weight is 513 g/mol. The van der Waals surface area contributed by atoms with Crippen molar-refractivity contribution in [2.45, 2.75) is 46.3 Å². The molecule has 1 aliphatic heterocycles. The third kappa shape index (κ3) is 5.00. The number of aryl methyl sites for hydroxylation is 2. The number of carbonyl (C=O) groups is 1. The van der Waals surface area contributed by atoms with Crippen LogP contribution in [0.15, 0.2) is 60.5 Å². The van der Waals surface area contributed by atoms with E-state index in [4.69, 9.17) is 9.72 Å². The van der Waals surface area contributed by atoms with Crippen LogP contribution in [0, 0.1) is 13.8 Å². The number of aromatic nitrogens is 4. The molecular formula is C29H32N6O3. The van der Waals surface area contributed by atoms with Gasteiger partial charge in [-0.25, -0.2) is 4.98 Å². The lowest BCUT2D eigenvalue weighted by Gasteiger charge is -2.21. The van der Waals surface area contributed by atoms with Crippen molar-refractivity contribution in [1.82, 2.24) is 30.4 Å². The molecule has 9 heteroatoms. The van der Waals surface area contributed by atoms with Crippen molar-refractivity contribution < 1.29 is 14.6 Å². The quantitative estimate of drug-likeness (QED) is 0.291. The first kappa shape index (κ1) is 25.1. The number of rotatable bonds is 7. The zero-order valence-corrected chi connectivity index (χ0v) is 22.2. The summed E-state index contributed by atoms with van der Waals surface area (Å²) in [5, 5.41) is 21.5. The molecule has 2 unspecified atom stereocenters. The third-order valence-corrected chi connectivity index (χ3v) is 6.59. The summed E-state index contributed by atoms with van der Waals surface area (Å²) in [7, 11) is 1.63. The summed E-state index contributed by atoms with van der Waals surface area (Å²) in [6.45, 7) is 8.54. The second-order valence-corrected chi connectivity index (χ2v) is 9.77. The van der Waals surface area contributed by atoms with Crippen molar-refractivity contribution in [3.05, 3.63) is 83.0 Å². The van der Waals surface area contributed by atoms with E-state index in [0.29, 0.717) is 34.9 Å². The first-order chi connectivity index (χ1) is 18.2. The maximum Gasteiger partial charge on any atom is 0.251 e. The van der Waals surface area contributed by atoms with Crippen molar-refractivity contribution >= 4 is 22.5 Å². The van der Waals surface area contributed by atoms with E-state index in [1.165, 1.54) is 0 Å². The van der Waals surface area contributed by atoms with Crippen LogP contribution in [0.4, 0.5) is 0 Å². The lowest BCUT2D eigenvalue weighted by Crippen LogP contribution is -2.36. The molecule has 0 fully saturated rings. The lowest BCUT2D eigenvalue weighted by molar-refractivity contribution is 0.0936. The van der Waals surface area contributed by atoms with Gasteiger partial charge in [0.2, 0.25) is 0 Å². The minimum absolute atomic E-state index is 0.101. The molecule has 1 aliphatic rings. The number of imidazole rings is 1. The van der Waals surface area contributed by atoms with Gasteiger partial charge < -0.3 is 25.5 Å². The number of amides is 1. The maximum absolute atomic E-state index is 13.0. The summed E-state index contributed by atoms with van der Waals surface area (Å²) in [6.07, 6.45) is 4.06. The fourth-order valence-electron chi connectivity index (χ4n) is 4.68. The van der Waals surface area contributed by atoms with E-state index in [0.717, 1.165) is 28.0 Å². The highest BCUT2D eigenvalue weighted by molar-refractivity contribution is 5.98. The summed E-state index contributed by atoms with van der Waals surface area (Å²) < 4.78 is 7.44. The van der Waals surface area contributed by atoms with Crippen LogP contribution in [-0.2, 0) is 11.3 Å². The number of methoxy groups -OCH3 is 1. The van der Waals surface area contributed by atoms with Crippen LogP contribution in [0.3, 0.4) is 0 Å². The zero-order valence-electron chi connectivity index (χ0n) is 22.2. The summed E-state index contributed by atoms with van der Waals surface area (Å²) >= 11 is 0. The molecule has 9 nitrogen and oxygen atoms in total. The molecule has 1 amide bonds. The number of phenolic OH excluding ortho intramolecular Hbond substituents is 1. The fourth-order valence-corrected chi connectivity index (χ4v) is 4.68. The number of hydrogen-bond donors (Lipinski definition) is 4. The Labute approximate surface area is 221 Å². The number of nitrogens with zero attached hydrogens (tertiary/aromatic N) is 3. The number of ether oxygens (including phenoxy) is 1. The first-order valence-electron chi connectivity index (χ1n) is 12.6. The van der Waals surface area contributed by atoms with Gasteiger partial charge in [-0.2, -0.15) is 5.10 Å². The molecule has 2 aromatic heterocycles. The molecule has 4 aromatic rings. The Hall–Kier alpha value is -4.53. The van der Waals surface area contributed by atoms with Crippen LogP contribution in [0.25, 0.3) is 28.0 Å². The van der Waals surface area contributed by atoms with Gasteiger partial charge in [0.05, 0.1) is 35.9 Å². The molecule has 0 saturated heterocycles. The second-order valence-electron chi connectivity index (χ2n) is 9.77. The van der Waals surface area contributed by atoms with E-state index < -0.39 is 0 Å². The van der Waals surface area contributed by atoms with Crippen molar-refractivity contribution in [3.63, 3.8) is 0 Å². The van der Waals surface area contributed by atoms with Gasteiger partial charge in [-0.1, -0.05) is 18.2 Å². The summed E-state index contributed by atoms with van der Waals surface area (Å²) in [4.78, 5) is 20.9. The lowest BCUT2D eigenvalue weighted by atomic mass is 9.99. The van der Waals surface area contributed by atoms with Crippen LogP contribution in [-0.4, -0.2) is 50.0 Å². The Balaban J connectivity index is 1.39. The van der Waals surface area contributed by atoms with Gasteiger partial charge in [0.1, 0.15) is 11.6 Å². The number of carbonyl (C=O) groups excluding carboxylic acids is 1. The van der Waals surface area contributed by atoms with Crippen molar-refractivity contribution in [2.24, 2.45) is 0 Å². The Kier molecular flexibility index (Phi) is 6.67. The van der Waals surface area contributed by atoms with E-state index in [9.17, 15) is 9.90 Å². The highest BCUT2D eigenvalue weighted by Gasteiger charge is 2.18. The Morgan fingerprint density at radius 3 is 2.76 bits per heavy atom. The largest absolute Gasteiger partial charge is 0.507 e. The molecule has 0 aliphatic carbocycles. The monoisotopic (exact) mass is 512 g/mol. The van der Waals surface area contributed by atoms with Gasteiger partial charge in [-0.05, 0) is 69.7 Å². The normalized spacial score (nSPS) is 16.0. The number of aromatic hydroxyl groups is 1. The van der Waals surface area contributed by atoms with Crippen molar-refractivity contribution in [3.8, 4) is 17.1 Å². The van der Waals surface area contributed by atoms with Crippen LogP contribution in [0.2, 0.25) is 0 Å². The average Bonchev–Trinajstić information content (AvgIpc) is 3.45. The Morgan fingerprint density at radius 1 is 1.21 bits per heavy atom. The molecule has 2 atom stereocenters. The van der Waals surface area contributed by atoms with Crippen molar-refractivity contribution in [1.29, 1.82) is 0 Å². The zero-order chi connectivity index (χ0) is 27.0. The minimum Gasteiger partial charge on any atom is -0.507 e. The number of fused-ring (bicyclic) bond motifs is 1. The number of nitrogens with one attached hydrogen (secondary N) is 3. The number of dihydropyridines is 1. The molecule has 0 saturated carbocycles. The van der Waals surface area contributed by atoms with E-state index in [1.54, 1.807) is 25.3 Å². The molecule has 38 heavy (non-hydrogen) atoms. The van der Waals surface area contributed by atoms with Crippen LogP contribution in [0.1, 0.15) is 41.2 Å².